The maximum Gasteiger partial charge on any atom is 0.0813 e. The molecule has 0 spiro atoms. The molecule has 106 valence electrons. The van der Waals surface area contributed by atoms with Gasteiger partial charge in [0.25, 0.3) is 0 Å². The summed E-state index contributed by atoms with van der Waals surface area (Å²) >= 11 is 0. The van der Waals surface area contributed by atoms with Gasteiger partial charge in [-0.2, -0.15) is 0 Å². The molecular weight excluding hydrogens is 272 g/mol. The molecule has 0 aliphatic heterocycles. The van der Waals surface area contributed by atoms with Crippen molar-refractivity contribution in [2.45, 2.75) is 0 Å². The molecule has 3 rings (SSSR count). The summed E-state index contributed by atoms with van der Waals surface area (Å²) in [5.41, 5.74) is 3.74. The van der Waals surface area contributed by atoms with E-state index in [1.54, 1.807) is 24.8 Å². The van der Waals surface area contributed by atoms with Crippen molar-refractivity contribution in [3.8, 4) is 0 Å². The van der Waals surface area contributed by atoms with Gasteiger partial charge in [0.2, 0.25) is 0 Å². The number of rotatable bonds is 4. The van der Waals surface area contributed by atoms with Crippen molar-refractivity contribution in [3.05, 3.63) is 84.4 Å². The van der Waals surface area contributed by atoms with E-state index in [0.29, 0.717) is 0 Å². The average Bonchev–Trinajstić information content (AvgIpc) is 2.61. The molecule has 3 aromatic rings. The van der Waals surface area contributed by atoms with E-state index in [0.717, 1.165) is 22.5 Å². The summed E-state index contributed by atoms with van der Waals surface area (Å²) in [5, 5.41) is 0. The Kier molecular flexibility index (Phi) is 4.42. The number of benzene rings is 1. The van der Waals surface area contributed by atoms with E-state index >= 15 is 0 Å². The first-order valence-electron chi connectivity index (χ1n) is 6.88. The molecule has 0 N–H and O–H groups in total. The van der Waals surface area contributed by atoms with Crippen molar-refractivity contribution < 1.29 is 0 Å². The molecule has 0 saturated heterocycles. The summed E-state index contributed by atoms with van der Waals surface area (Å²) in [6.07, 6.45) is 10.6. The first-order valence-corrected chi connectivity index (χ1v) is 6.88. The molecule has 2 aromatic heterocycles. The van der Waals surface area contributed by atoms with Crippen LogP contribution in [0.15, 0.2) is 83.3 Å². The Hall–Kier alpha value is -3.14. The van der Waals surface area contributed by atoms with Crippen LogP contribution in [-0.4, -0.2) is 22.4 Å². The molecule has 0 atom stereocenters. The number of aromatic nitrogens is 2. The van der Waals surface area contributed by atoms with Gasteiger partial charge in [0.1, 0.15) is 0 Å². The lowest BCUT2D eigenvalue weighted by Crippen LogP contribution is -1.84. The zero-order chi connectivity index (χ0) is 15.0. The maximum atomic E-state index is 4.37. The number of aliphatic imine (C=N–C) groups is 2. The highest BCUT2D eigenvalue weighted by Crippen LogP contribution is 2.10. The predicted octanol–water partition coefficient (Wildman–Crippen LogP) is 3.98. The van der Waals surface area contributed by atoms with Gasteiger partial charge in [0, 0.05) is 24.8 Å². The van der Waals surface area contributed by atoms with Crippen LogP contribution in [0.3, 0.4) is 0 Å². The Morgan fingerprint density at radius 2 is 1.09 bits per heavy atom. The predicted molar refractivity (Wildman–Crippen MR) is 89.4 cm³/mol. The summed E-state index contributed by atoms with van der Waals surface area (Å²) in [6, 6.07) is 15.6. The Balaban J connectivity index is 1.68. The van der Waals surface area contributed by atoms with Crippen molar-refractivity contribution in [2.24, 2.45) is 9.98 Å². The fraction of sp³-hybridized carbons (Fsp3) is 0. The first kappa shape index (κ1) is 13.8. The minimum absolute atomic E-state index is 0.838. The normalized spacial score (nSPS) is 11.3. The molecule has 1 aromatic carbocycles. The zero-order valence-electron chi connectivity index (χ0n) is 11.9. The Morgan fingerprint density at radius 3 is 1.45 bits per heavy atom. The highest BCUT2D eigenvalue weighted by Gasteiger charge is 1.91. The van der Waals surface area contributed by atoms with Gasteiger partial charge in [-0.25, -0.2) is 0 Å². The summed E-state index contributed by atoms with van der Waals surface area (Å²) in [6.45, 7) is 0. The highest BCUT2D eigenvalue weighted by molar-refractivity contribution is 5.86. The molecule has 0 aliphatic rings. The lowest BCUT2D eigenvalue weighted by Gasteiger charge is -1.96. The smallest absolute Gasteiger partial charge is 0.0813 e. The molecule has 0 unspecified atom stereocenters. The van der Waals surface area contributed by atoms with Crippen LogP contribution in [0.5, 0.6) is 0 Å². The van der Waals surface area contributed by atoms with Crippen molar-refractivity contribution in [2.75, 3.05) is 0 Å². The van der Waals surface area contributed by atoms with Gasteiger partial charge in [-0.05, 0) is 35.4 Å². The molecule has 22 heavy (non-hydrogen) atoms. The largest absolute Gasteiger partial charge is 0.262 e. The van der Waals surface area contributed by atoms with Crippen LogP contribution in [0.4, 0.5) is 11.4 Å². The van der Waals surface area contributed by atoms with Crippen LogP contribution in [0.1, 0.15) is 11.1 Å². The fourth-order valence-corrected chi connectivity index (χ4v) is 1.83. The van der Waals surface area contributed by atoms with Crippen LogP contribution in [0.2, 0.25) is 0 Å². The van der Waals surface area contributed by atoms with Gasteiger partial charge in [0.15, 0.2) is 0 Å². The van der Waals surface area contributed by atoms with E-state index in [1.165, 1.54) is 0 Å². The molecule has 0 aliphatic carbocycles. The number of nitrogens with zero attached hydrogens (tertiary/aromatic N) is 4. The summed E-state index contributed by atoms with van der Waals surface area (Å²) in [7, 11) is 0. The lowest BCUT2D eigenvalue weighted by atomic mass is 10.1. The number of hydrogen-bond donors (Lipinski definition) is 0. The second kappa shape index (κ2) is 7.04. The molecule has 0 fully saturated rings. The third-order valence-electron chi connectivity index (χ3n) is 2.95. The maximum absolute atomic E-state index is 4.37. The molecule has 0 radical (unpaired) electrons. The second-order valence-electron chi connectivity index (χ2n) is 4.61. The lowest BCUT2D eigenvalue weighted by molar-refractivity contribution is 1.31. The standard InChI is InChI=1S/C18H14N4/c1-3-17(13-19-9-1)21-11-15-5-7-16(8-6-15)12-22-18-4-2-10-20-14-18/h1-14H. The molecule has 2 heterocycles. The molecule has 0 saturated carbocycles. The van der Waals surface area contributed by atoms with Crippen molar-refractivity contribution in [1.29, 1.82) is 0 Å². The van der Waals surface area contributed by atoms with Gasteiger partial charge < -0.3 is 0 Å². The van der Waals surface area contributed by atoms with Crippen LogP contribution in [0, 0.1) is 0 Å². The van der Waals surface area contributed by atoms with Crippen molar-refractivity contribution >= 4 is 23.8 Å². The van der Waals surface area contributed by atoms with Crippen LogP contribution < -0.4 is 0 Å². The Morgan fingerprint density at radius 1 is 0.636 bits per heavy atom. The van der Waals surface area contributed by atoms with Gasteiger partial charge in [-0.15, -0.1) is 0 Å². The fourth-order valence-electron chi connectivity index (χ4n) is 1.83. The van der Waals surface area contributed by atoms with Gasteiger partial charge in [-0.1, -0.05) is 24.3 Å². The van der Waals surface area contributed by atoms with Crippen molar-refractivity contribution in [3.63, 3.8) is 0 Å². The van der Waals surface area contributed by atoms with E-state index in [2.05, 4.69) is 20.0 Å². The minimum Gasteiger partial charge on any atom is -0.262 e. The zero-order valence-corrected chi connectivity index (χ0v) is 11.9. The Labute approximate surface area is 129 Å². The van der Waals surface area contributed by atoms with Crippen molar-refractivity contribution in [1.82, 2.24) is 9.97 Å². The van der Waals surface area contributed by atoms with E-state index < -0.39 is 0 Å². The third-order valence-corrected chi connectivity index (χ3v) is 2.95. The van der Waals surface area contributed by atoms with E-state index in [4.69, 9.17) is 0 Å². The quantitative estimate of drug-likeness (QED) is 0.681. The average molecular weight is 286 g/mol. The summed E-state index contributed by atoms with van der Waals surface area (Å²) < 4.78 is 0. The minimum atomic E-state index is 0.838. The second-order valence-corrected chi connectivity index (χ2v) is 4.61. The molecule has 4 nitrogen and oxygen atoms in total. The summed E-state index contributed by atoms with van der Waals surface area (Å²) in [4.78, 5) is 16.8. The van der Waals surface area contributed by atoms with Gasteiger partial charge in [0.05, 0.1) is 23.8 Å². The van der Waals surface area contributed by atoms with E-state index in [1.807, 2.05) is 61.0 Å². The SMILES string of the molecule is C(=Nc1cccnc1)c1ccc(C=Nc2cccnc2)cc1. The van der Waals surface area contributed by atoms with Crippen LogP contribution in [-0.2, 0) is 0 Å². The van der Waals surface area contributed by atoms with E-state index in [9.17, 15) is 0 Å². The van der Waals surface area contributed by atoms with E-state index in [-0.39, 0.29) is 0 Å². The molecule has 0 amide bonds. The molecule has 0 bridgehead atoms. The topological polar surface area (TPSA) is 50.5 Å². The third kappa shape index (κ3) is 3.93. The highest BCUT2D eigenvalue weighted by atomic mass is 14.8. The number of hydrogen-bond acceptors (Lipinski definition) is 4. The molecular formula is C18H14N4. The summed E-state index contributed by atoms with van der Waals surface area (Å²) in [5.74, 6) is 0. The molecule has 4 heteroatoms. The van der Waals surface area contributed by atoms with Gasteiger partial charge in [-0.3, -0.25) is 20.0 Å². The Bertz CT molecular complexity index is 695. The first-order chi connectivity index (χ1) is 10.9. The monoisotopic (exact) mass is 286 g/mol. The van der Waals surface area contributed by atoms with Crippen LogP contribution in [0.25, 0.3) is 0 Å². The van der Waals surface area contributed by atoms with Gasteiger partial charge >= 0.3 is 0 Å². The van der Waals surface area contributed by atoms with Crippen LogP contribution >= 0.6 is 0 Å². The number of pyridine rings is 2.